The van der Waals surface area contributed by atoms with Gasteiger partial charge in [-0.1, -0.05) is 86.8 Å². The van der Waals surface area contributed by atoms with Gasteiger partial charge in [0, 0.05) is 0 Å². The van der Waals surface area contributed by atoms with Gasteiger partial charge in [-0.2, -0.15) is 0 Å². The van der Waals surface area contributed by atoms with E-state index < -0.39 is 8.60 Å². The summed E-state index contributed by atoms with van der Waals surface area (Å²) >= 11 is 0. The molecule has 1 aliphatic carbocycles. The van der Waals surface area contributed by atoms with Gasteiger partial charge in [-0.25, -0.2) is 0 Å². The van der Waals surface area contributed by atoms with Crippen LogP contribution in [0.25, 0.3) is 0 Å². The lowest BCUT2D eigenvalue weighted by molar-refractivity contribution is 0.138. The monoisotopic (exact) mass is 540 g/mol. The van der Waals surface area contributed by atoms with Crippen molar-refractivity contribution in [3.8, 4) is 11.5 Å². The van der Waals surface area contributed by atoms with E-state index in [9.17, 15) is 0 Å². The predicted molar refractivity (Wildman–Crippen MR) is 163 cm³/mol. The molecule has 1 aliphatic rings. The zero-order chi connectivity index (χ0) is 27.7. The normalized spacial score (nSPS) is 14.9. The van der Waals surface area contributed by atoms with E-state index in [2.05, 4.69) is 91.8 Å². The van der Waals surface area contributed by atoms with E-state index in [1.165, 1.54) is 41.5 Å². The Morgan fingerprint density at radius 1 is 0.579 bits per heavy atom. The molecule has 0 unspecified atom stereocenters. The Labute approximate surface area is 235 Å². The van der Waals surface area contributed by atoms with Crippen molar-refractivity contribution in [1.29, 1.82) is 0 Å². The lowest BCUT2D eigenvalue weighted by atomic mass is 9.93. The number of benzene rings is 2. The summed E-state index contributed by atoms with van der Waals surface area (Å²) in [5, 5.41) is 0. The highest BCUT2D eigenvalue weighted by Crippen LogP contribution is 2.45. The molecule has 212 valence electrons. The first kappa shape index (κ1) is 31.0. The third-order valence-electron chi connectivity index (χ3n) is 7.02. The molecule has 4 heteroatoms. The molecule has 0 radical (unpaired) electrons. The van der Waals surface area contributed by atoms with E-state index in [0.29, 0.717) is 23.7 Å². The predicted octanol–water partition coefficient (Wildman–Crippen LogP) is 10.5. The maximum atomic E-state index is 6.55. The topological polar surface area (TPSA) is 27.7 Å². The molecule has 0 bridgehead atoms. The van der Waals surface area contributed by atoms with Crippen molar-refractivity contribution in [2.75, 3.05) is 0 Å². The SMILES string of the molecule is CC(C)Cc1ccc(OP(Oc2ccc(CC(C)C)c(CC(C)C)c2)OC2CCCCC2)cc1CC(C)C. The molecule has 0 amide bonds. The third kappa shape index (κ3) is 10.5. The van der Waals surface area contributed by atoms with Gasteiger partial charge in [-0.3, -0.25) is 4.52 Å². The van der Waals surface area contributed by atoms with Crippen molar-refractivity contribution in [3.63, 3.8) is 0 Å². The van der Waals surface area contributed by atoms with Crippen LogP contribution in [0.5, 0.6) is 11.5 Å². The fourth-order valence-electron chi connectivity index (χ4n) is 5.38. The van der Waals surface area contributed by atoms with Crippen LogP contribution in [-0.2, 0) is 30.2 Å². The van der Waals surface area contributed by atoms with Crippen molar-refractivity contribution in [2.24, 2.45) is 23.7 Å². The average Bonchev–Trinajstić information content (AvgIpc) is 2.82. The summed E-state index contributed by atoms with van der Waals surface area (Å²) in [4.78, 5) is 0. The van der Waals surface area contributed by atoms with Gasteiger partial charge in [-0.15, -0.1) is 0 Å². The van der Waals surface area contributed by atoms with E-state index in [1.54, 1.807) is 0 Å². The van der Waals surface area contributed by atoms with Gasteiger partial charge in [0.15, 0.2) is 0 Å². The van der Waals surface area contributed by atoms with Crippen molar-refractivity contribution in [2.45, 2.75) is 119 Å². The van der Waals surface area contributed by atoms with Crippen LogP contribution in [-0.4, -0.2) is 6.10 Å². The van der Waals surface area contributed by atoms with Gasteiger partial charge in [-0.05, 0) is 109 Å². The van der Waals surface area contributed by atoms with E-state index in [-0.39, 0.29) is 6.10 Å². The van der Waals surface area contributed by atoms with Gasteiger partial charge in [0.1, 0.15) is 11.5 Å². The van der Waals surface area contributed by atoms with Crippen LogP contribution in [0.1, 0.15) is 110 Å². The second-order valence-corrected chi connectivity index (χ2v) is 14.0. The molecule has 0 heterocycles. The Kier molecular flexibility index (Phi) is 12.4. The van der Waals surface area contributed by atoms with Crippen molar-refractivity contribution in [3.05, 3.63) is 58.7 Å². The molecule has 0 aromatic heterocycles. The summed E-state index contributed by atoms with van der Waals surface area (Å²) < 4.78 is 19.6. The van der Waals surface area contributed by atoms with Crippen LogP contribution in [0.4, 0.5) is 0 Å². The lowest BCUT2D eigenvalue weighted by Gasteiger charge is -2.26. The number of rotatable bonds is 14. The summed E-state index contributed by atoms with van der Waals surface area (Å²) in [6.07, 6.45) is 10.4. The summed E-state index contributed by atoms with van der Waals surface area (Å²) in [6.45, 7) is 18.3. The zero-order valence-electron chi connectivity index (χ0n) is 25.4. The molecule has 38 heavy (non-hydrogen) atoms. The molecule has 2 aromatic carbocycles. The first-order chi connectivity index (χ1) is 18.1. The number of hydrogen-bond donors (Lipinski definition) is 0. The van der Waals surface area contributed by atoms with E-state index in [0.717, 1.165) is 50.0 Å². The molecule has 1 fully saturated rings. The van der Waals surface area contributed by atoms with Gasteiger partial charge in [0.05, 0.1) is 6.10 Å². The molecule has 0 aliphatic heterocycles. The summed E-state index contributed by atoms with van der Waals surface area (Å²) in [5.74, 6) is 4.15. The zero-order valence-corrected chi connectivity index (χ0v) is 26.3. The quantitative estimate of drug-likeness (QED) is 0.223. The van der Waals surface area contributed by atoms with Crippen LogP contribution < -0.4 is 9.05 Å². The molecule has 3 nitrogen and oxygen atoms in total. The molecule has 0 spiro atoms. The molecule has 3 rings (SSSR count). The summed E-state index contributed by atoms with van der Waals surface area (Å²) in [7, 11) is -1.55. The van der Waals surface area contributed by atoms with Gasteiger partial charge < -0.3 is 9.05 Å². The maximum absolute atomic E-state index is 6.55. The van der Waals surface area contributed by atoms with E-state index in [1.807, 2.05) is 0 Å². The first-order valence-electron chi connectivity index (χ1n) is 15.2. The molecule has 0 atom stereocenters. The fourth-order valence-corrected chi connectivity index (χ4v) is 6.53. The second-order valence-electron chi connectivity index (χ2n) is 13.0. The van der Waals surface area contributed by atoms with Crippen molar-refractivity contribution in [1.82, 2.24) is 0 Å². The summed E-state index contributed by atoms with van der Waals surface area (Å²) in [5.41, 5.74) is 5.63. The van der Waals surface area contributed by atoms with E-state index >= 15 is 0 Å². The van der Waals surface area contributed by atoms with Gasteiger partial charge >= 0.3 is 8.60 Å². The van der Waals surface area contributed by atoms with Crippen LogP contribution in [0.3, 0.4) is 0 Å². The average molecular weight is 541 g/mol. The molecular weight excluding hydrogens is 487 g/mol. The maximum Gasteiger partial charge on any atom is 0.463 e. The molecule has 1 saturated carbocycles. The van der Waals surface area contributed by atoms with Crippen LogP contribution in [0.2, 0.25) is 0 Å². The largest absolute Gasteiger partial charge is 0.463 e. The first-order valence-corrected chi connectivity index (χ1v) is 16.2. The Hall–Kier alpha value is -1.57. The Balaban J connectivity index is 1.86. The second kappa shape index (κ2) is 15.3. The van der Waals surface area contributed by atoms with Crippen molar-refractivity contribution < 1.29 is 13.6 Å². The molecule has 2 aromatic rings. The highest BCUT2D eigenvalue weighted by atomic mass is 31.2. The van der Waals surface area contributed by atoms with Gasteiger partial charge in [0.25, 0.3) is 0 Å². The minimum Gasteiger partial charge on any atom is -0.418 e. The summed E-state index contributed by atoms with van der Waals surface area (Å²) in [6, 6.07) is 13.2. The Morgan fingerprint density at radius 3 is 1.37 bits per heavy atom. The smallest absolute Gasteiger partial charge is 0.418 e. The lowest BCUT2D eigenvalue weighted by Crippen LogP contribution is -2.16. The highest BCUT2D eigenvalue weighted by molar-refractivity contribution is 7.42. The van der Waals surface area contributed by atoms with Gasteiger partial charge in [0.2, 0.25) is 0 Å². The fraction of sp³-hybridized carbons (Fsp3) is 0.647. The standard InChI is InChI=1S/C34H53O3P/c1-24(2)18-28-14-16-33(22-30(28)20-26(5)6)36-38(35-32-12-10-9-11-13-32)37-34-17-15-29(19-25(3)4)31(23-34)21-27(7)8/h14-17,22-27,32H,9-13,18-21H2,1-8H3. The number of hydrogen-bond acceptors (Lipinski definition) is 3. The third-order valence-corrected chi connectivity index (χ3v) is 8.21. The molecular formula is C34H53O3P. The van der Waals surface area contributed by atoms with Crippen LogP contribution in [0, 0.1) is 23.7 Å². The van der Waals surface area contributed by atoms with E-state index in [4.69, 9.17) is 13.6 Å². The Morgan fingerprint density at radius 2 is 0.974 bits per heavy atom. The minimum absolute atomic E-state index is 0.209. The van der Waals surface area contributed by atoms with Crippen molar-refractivity contribution >= 4 is 8.60 Å². The Bertz CT molecular complexity index is 906. The van der Waals surface area contributed by atoms with Crippen LogP contribution >= 0.6 is 8.60 Å². The minimum atomic E-state index is -1.55. The van der Waals surface area contributed by atoms with Crippen LogP contribution in [0.15, 0.2) is 36.4 Å². The highest BCUT2D eigenvalue weighted by Gasteiger charge is 2.26. The molecule has 0 saturated heterocycles. The molecule has 0 N–H and O–H groups in total.